The lowest BCUT2D eigenvalue weighted by Gasteiger charge is -2.17. The molecule has 0 fully saturated rings. The molecule has 0 aromatic heterocycles. The molecule has 1 unspecified atom stereocenters. The SMILES string of the molecule is COc1ccc(CNC(CO)CCO)cc1C(C)C. The number of hydrogen-bond donors (Lipinski definition) is 3. The van der Waals surface area contributed by atoms with E-state index in [0.717, 1.165) is 11.3 Å². The highest BCUT2D eigenvalue weighted by Crippen LogP contribution is 2.27. The van der Waals surface area contributed by atoms with Crippen LogP contribution in [0.1, 0.15) is 37.3 Å². The number of rotatable bonds is 8. The highest BCUT2D eigenvalue weighted by atomic mass is 16.5. The van der Waals surface area contributed by atoms with Crippen molar-refractivity contribution in [2.75, 3.05) is 20.3 Å². The molecule has 0 radical (unpaired) electrons. The summed E-state index contributed by atoms with van der Waals surface area (Å²) in [6.45, 7) is 5.06. The van der Waals surface area contributed by atoms with Gasteiger partial charge < -0.3 is 20.3 Å². The minimum absolute atomic E-state index is 0.0355. The zero-order valence-electron chi connectivity index (χ0n) is 12.0. The zero-order chi connectivity index (χ0) is 14.3. The van der Waals surface area contributed by atoms with Crippen molar-refractivity contribution in [3.63, 3.8) is 0 Å². The van der Waals surface area contributed by atoms with E-state index in [9.17, 15) is 0 Å². The van der Waals surface area contributed by atoms with Crippen molar-refractivity contribution in [3.8, 4) is 5.75 Å². The van der Waals surface area contributed by atoms with Gasteiger partial charge in [0, 0.05) is 19.2 Å². The Morgan fingerprint density at radius 1 is 1.26 bits per heavy atom. The van der Waals surface area contributed by atoms with Gasteiger partial charge in [-0.25, -0.2) is 0 Å². The third-order valence-electron chi connectivity index (χ3n) is 3.21. The lowest BCUT2D eigenvalue weighted by Crippen LogP contribution is -2.32. The Labute approximate surface area is 115 Å². The molecule has 4 nitrogen and oxygen atoms in total. The number of aliphatic hydroxyl groups is 2. The lowest BCUT2D eigenvalue weighted by atomic mass is 9.99. The summed E-state index contributed by atoms with van der Waals surface area (Å²) in [5.74, 6) is 1.31. The highest BCUT2D eigenvalue weighted by Gasteiger charge is 2.10. The van der Waals surface area contributed by atoms with Crippen LogP contribution in [0.15, 0.2) is 18.2 Å². The van der Waals surface area contributed by atoms with Gasteiger partial charge in [0.2, 0.25) is 0 Å². The van der Waals surface area contributed by atoms with Crippen molar-refractivity contribution in [2.24, 2.45) is 0 Å². The van der Waals surface area contributed by atoms with E-state index in [2.05, 4.69) is 25.2 Å². The van der Waals surface area contributed by atoms with E-state index < -0.39 is 0 Å². The Morgan fingerprint density at radius 3 is 2.53 bits per heavy atom. The average Bonchev–Trinajstić information content (AvgIpc) is 2.43. The summed E-state index contributed by atoms with van der Waals surface area (Å²) in [5, 5.41) is 21.3. The van der Waals surface area contributed by atoms with Crippen molar-refractivity contribution < 1.29 is 14.9 Å². The van der Waals surface area contributed by atoms with E-state index in [1.54, 1.807) is 7.11 Å². The summed E-state index contributed by atoms with van der Waals surface area (Å²) in [6, 6.07) is 6.07. The van der Waals surface area contributed by atoms with Crippen LogP contribution in [0.5, 0.6) is 5.75 Å². The van der Waals surface area contributed by atoms with Crippen LogP contribution in [-0.2, 0) is 6.54 Å². The topological polar surface area (TPSA) is 61.7 Å². The van der Waals surface area contributed by atoms with Crippen LogP contribution in [0.4, 0.5) is 0 Å². The predicted octanol–water partition coefficient (Wildman–Crippen LogP) is 1.65. The summed E-state index contributed by atoms with van der Waals surface area (Å²) >= 11 is 0. The second-order valence-corrected chi connectivity index (χ2v) is 5.00. The van der Waals surface area contributed by atoms with Crippen LogP contribution >= 0.6 is 0 Å². The summed E-state index contributed by atoms with van der Waals surface area (Å²) in [5.41, 5.74) is 2.34. The normalized spacial score (nSPS) is 12.7. The summed E-state index contributed by atoms with van der Waals surface area (Å²) in [6.07, 6.45) is 0.559. The Hall–Kier alpha value is -1.10. The molecule has 0 spiro atoms. The molecule has 0 aliphatic carbocycles. The smallest absolute Gasteiger partial charge is 0.122 e. The maximum atomic E-state index is 9.17. The van der Waals surface area contributed by atoms with Crippen molar-refractivity contribution in [3.05, 3.63) is 29.3 Å². The fourth-order valence-electron chi connectivity index (χ4n) is 2.02. The van der Waals surface area contributed by atoms with Crippen molar-refractivity contribution >= 4 is 0 Å². The van der Waals surface area contributed by atoms with Crippen LogP contribution in [0.3, 0.4) is 0 Å². The minimum Gasteiger partial charge on any atom is -0.496 e. The highest BCUT2D eigenvalue weighted by molar-refractivity contribution is 5.39. The Morgan fingerprint density at radius 2 is 2.00 bits per heavy atom. The first-order chi connectivity index (χ1) is 9.12. The molecular formula is C15H25NO3. The standard InChI is InChI=1S/C15H25NO3/c1-11(2)14-8-12(4-5-15(14)19-3)9-16-13(10-18)6-7-17/h4-5,8,11,13,16-18H,6-7,9-10H2,1-3H3. The first-order valence-corrected chi connectivity index (χ1v) is 6.74. The van der Waals surface area contributed by atoms with Gasteiger partial charge in [0.25, 0.3) is 0 Å². The predicted molar refractivity (Wildman–Crippen MR) is 76.5 cm³/mol. The fourth-order valence-corrected chi connectivity index (χ4v) is 2.02. The van der Waals surface area contributed by atoms with Gasteiger partial charge in [0.15, 0.2) is 0 Å². The van der Waals surface area contributed by atoms with Crippen LogP contribution in [0.2, 0.25) is 0 Å². The van der Waals surface area contributed by atoms with E-state index in [4.69, 9.17) is 14.9 Å². The van der Waals surface area contributed by atoms with Gasteiger partial charge in [-0.2, -0.15) is 0 Å². The summed E-state index contributed by atoms with van der Waals surface area (Å²) in [7, 11) is 1.68. The molecule has 0 saturated carbocycles. The zero-order valence-corrected chi connectivity index (χ0v) is 12.0. The van der Waals surface area contributed by atoms with E-state index in [1.807, 2.05) is 12.1 Å². The van der Waals surface area contributed by atoms with E-state index in [1.165, 1.54) is 5.56 Å². The van der Waals surface area contributed by atoms with Gasteiger partial charge >= 0.3 is 0 Å². The summed E-state index contributed by atoms with van der Waals surface area (Å²) in [4.78, 5) is 0. The second kappa shape index (κ2) is 8.15. The molecule has 1 atom stereocenters. The van der Waals surface area contributed by atoms with Gasteiger partial charge in [-0.3, -0.25) is 0 Å². The van der Waals surface area contributed by atoms with Crippen LogP contribution in [0, 0.1) is 0 Å². The van der Waals surface area contributed by atoms with E-state index in [-0.39, 0.29) is 19.3 Å². The van der Waals surface area contributed by atoms with Gasteiger partial charge in [0.1, 0.15) is 5.75 Å². The van der Waals surface area contributed by atoms with E-state index in [0.29, 0.717) is 18.9 Å². The molecule has 1 aromatic rings. The van der Waals surface area contributed by atoms with Gasteiger partial charge in [-0.05, 0) is 29.5 Å². The third kappa shape index (κ3) is 4.82. The molecule has 108 valence electrons. The minimum atomic E-state index is -0.0606. The molecule has 0 amide bonds. The third-order valence-corrected chi connectivity index (χ3v) is 3.21. The number of methoxy groups -OCH3 is 1. The molecule has 0 heterocycles. The molecule has 0 aliphatic rings. The molecule has 1 aromatic carbocycles. The van der Waals surface area contributed by atoms with Gasteiger partial charge in [-0.15, -0.1) is 0 Å². The Kier molecular flexibility index (Phi) is 6.84. The number of benzene rings is 1. The Balaban J connectivity index is 2.71. The Bertz CT molecular complexity index is 380. The second-order valence-electron chi connectivity index (χ2n) is 5.00. The van der Waals surface area contributed by atoms with Crippen LogP contribution < -0.4 is 10.1 Å². The molecule has 1 rings (SSSR count). The van der Waals surface area contributed by atoms with Gasteiger partial charge in [0.05, 0.1) is 13.7 Å². The van der Waals surface area contributed by atoms with Crippen LogP contribution in [0.25, 0.3) is 0 Å². The van der Waals surface area contributed by atoms with Crippen molar-refractivity contribution in [1.29, 1.82) is 0 Å². The summed E-state index contributed by atoms with van der Waals surface area (Å²) < 4.78 is 5.35. The van der Waals surface area contributed by atoms with Crippen LogP contribution in [-0.4, -0.2) is 36.6 Å². The number of nitrogens with one attached hydrogen (secondary N) is 1. The average molecular weight is 267 g/mol. The van der Waals surface area contributed by atoms with Gasteiger partial charge in [-0.1, -0.05) is 26.0 Å². The first kappa shape index (κ1) is 16.0. The lowest BCUT2D eigenvalue weighted by molar-refractivity contribution is 0.200. The van der Waals surface area contributed by atoms with E-state index >= 15 is 0 Å². The molecule has 4 heteroatoms. The van der Waals surface area contributed by atoms with Crippen molar-refractivity contribution in [2.45, 2.75) is 38.8 Å². The molecule has 19 heavy (non-hydrogen) atoms. The number of hydrogen-bond acceptors (Lipinski definition) is 4. The number of aliphatic hydroxyl groups excluding tert-OH is 2. The number of ether oxygens (including phenoxy) is 1. The maximum Gasteiger partial charge on any atom is 0.122 e. The molecular weight excluding hydrogens is 242 g/mol. The monoisotopic (exact) mass is 267 g/mol. The molecule has 0 saturated heterocycles. The van der Waals surface area contributed by atoms with Crippen molar-refractivity contribution in [1.82, 2.24) is 5.32 Å². The molecule has 0 bridgehead atoms. The molecule has 3 N–H and O–H groups in total. The molecule has 0 aliphatic heterocycles. The fraction of sp³-hybridized carbons (Fsp3) is 0.600. The largest absolute Gasteiger partial charge is 0.496 e. The first-order valence-electron chi connectivity index (χ1n) is 6.74. The maximum absolute atomic E-state index is 9.17. The quantitative estimate of drug-likeness (QED) is 0.670.